The molecule has 3 rings (SSSR count). The molecule has 4 N–H and O–H groups in total. The fraction of sp³-hybridized carbons (Fsp3) is 0.448. The van der Waals surface area contributed by atoms with Gasteiger partial charge in [-0.1, -0.05) is 45.2 Å². The molecule has 1 aliphatic rings. The molecule has 1 aliphatic carbocycles. The maximum atomic E-state index is 12.5. The number of anilines is 2. The Morgan fingerprint density at radius 3 is 2.31 bits per heavy atom. The second-order valence-corrected chi connectivity index (χ2v) is 9.65. The van der Waals surface area contributed by atoms with Crippen molar-refractivity contribution in [1.82, 2.24) is 0 Å². The number of nitrogens with two attached hydrogens (primary N) is 2. The largest absolute Gasteiger partial charge is 0.462 e. The van der Waals surface area contributed by atoms with E-state index < -0.39 is 5.97 Å². The SMILES string of the molecule is CCCCC1CCC(C(=O)Oc2ccc(/C=C/C(=O)OCC(C)c3cc(N)cc(N)c3)cc2)CC1. The number of hydrogen-bond acceptors (Lipinski definition) is 6. The quantitative estimate of drug-likeness (QED) is 0.185. The van der Waals surface area contributed by atoms with Gasteiger partial charge in [-0.3, -0.25) is 4.79 Å². The Labute approximate surface area is 208 Å². The van der Waals surface area contributed by atoms with E-state index in [0.29, 0.717) is 17.1 Å². The summed E-state index contributed by atoms with van der Waals surface area (Å²) >= 11 is 0. The predicted molar refractivity (Wildman–Crippen MR) is 141 cm³/mol. The lowest BCUT2D eigenvalue weighted by Crippen LogP contribution is -2.25. The number of unbranched alkanes of at least 4 members (excludes halogenated alkanes) is 1. The van der Waals surface area contributed by atoms with E-state index in [4.69, 9.17) is 20.9 Å². The minimum Gasteiger partial charge on any atom is -0.462 e. The predicted octanol–water partition coefficient (Wildman–Crippen LogP) is 6.11. The van der Waals surface area contributed by atoms with Crippen molar-refractivity contribution in [3.05, 3.63) is 59.7 Å². The Morgan fingerprint density at radius 1 is 1.03 bits per heavy atom. The molecule has 0 bridgehead atoms. The maximum absolute atomic E-state index is 12.5. The van der Waals surface area contributed by atoms with Crippen molar-refractivity contribution >= 4 is 29.4 Å². The van der Waals surface area contributed by atoms with Gasteiger partial charge >= 0.3 is 11.9 Å². The monoisotopic (exact) mass is 478 g/mol. The summed E-state index contributed by atoms with van der Waals surface area (Å²) in [5.41, 5.74) is 14.6. The molecule has 2 aromatic rings. The van der Waals surface area contributed by atoms with E-state index in [0.717, 1.165) is 42.7 Å². The van der Waals surface area contributed by atoms with Gasteiger partial charge in [-0.25, -0.2) is 4.79 Å². The van der Waals surface area contributed by atoms with Crippen LogP contribution in [0.4, 0.5) is 11.4 Å². The fourth-order valence-electron chi connectivity index (χ4n) is 4.53. The van der Waals surface area contributed by atoms with Crippen molar-refractivity contribution in [3.63, 3.8) is 0 Å². The fourth-order valence-corrected chi connectivity index (χ4v) is 4.53. The zero-order chi connectivity index (χ0) is 25.2. The molecule has 2 aromatic carbocycles. The van der Waals surface area contributed by atoms with Crippen LogP contribution in [0.2, 0.25) is 0 Å². The minimum atomic E-state index is -0.432. The van der Waals surface area contributed by atoms with Crippen LogP contribution in [0.5, 0.6) is 5.75 Å². The number of ether oxygens (including phenoxy) is 2. The van der Waals surface area contributed by atoms with Crippen molar-refractivity contribution in [2.24, 2.45) is 11.8 Å². The van der Waals surface area contributed by atoms with Crippen LogP contribution in [0.15, 0.2) is 48.5 Å². The molecule has 1 fully saturated rings. The summed E-state index contributed by atoms with van der Waals surface area (Å²) in [6.07, 6.45) is 10.9. The van der Waals surface area contributed by atoms with E-state index >= 15 is 0 Å². The molecular formula is C29H38N2O4. The second kappa shape index (κ2) is 13.0. The Hall–Kier alpha value is -3.28. The van der Waals surface area contributed by atoms with Crippen LogP contribution in [-0.2, 0) is 14.3 Å². The number of esters is 2. The summed E-state index contributed by atoms with van der Waals surface area (Å²) in [6.45, 7) is 4.39. The van der Waals surface area contributed by atoms with Crippen molar-refractivity contribution in [2.45, 2.75) is 64.7 Å². The summed E-state index contributed by atoms with van der Waals surface area (Å²) in [7, 11) is 0. The van der Waals surface area contributed by atoms with Gasteiger partial charge in [-0.15, -0.1) is 0 Å². The Morgan fingerprint density at radius 2 is 1.69 bits per heavy atom. The molecule has 0 amide bonds. The summed E-state index contributed by atoms with van der Waals surface area (Å²) in [5.74, 6) is 0.682. The van der Waals surface area contributed by atoms with Crippen LogP contribution in [0, 0.1) is 11.8 Å². The van der Waals surface area contributed by atoms with Crippen molar-refractivity contribution < 1.29 is 19.1 Å². The smallest absolute Gasteiger partial charge is 0.330 e. The number of rotatable bonds is 10. The molecule has 1 unspecified atom stereocenters. The molecule has 1 saturated carbocycles. The van der Waals surface area contributed by atoms with Gasteiger partial charge in [0.25, 0.3) is 0 Å². The van der Waals surface area contributed by atoms with E-state index in [1.54, 1.807) is 24.3 Å². The van der Waals surface area contributed by atoms with Gasteiger partial charge in [0.1, 0.15) is 5.75 Å². The summed E-state index contributed by atoms with van der Waals surface area (Å²) < 4.78 is 11.0. The first kappa shape index (κ1) is 26.3. The number of hydrogen-bond donors (Lipinski definition) is 2. The summed E-state index contributed by atoms with van der Waals surface area (Å²) in [5, 5.41) is 0. The molecule has 0 radical (unpaired) electrons. The number of carbonyl (C=O) groups excluding carboxylic acids is 2. The van der Waals surface area contributed by atoms with Crippen LogP contribution < -0.4 is 16.2 Å². The van der Waals surface area contributed by atoms with Crippen LogP contribution in [0.25, 0.3) is 6.08 Å². The van der Waals surface area contributed by atoms with Crippen LogP contribution >= 0.6 is 0 Å². The van der Waals surface area contributed by atoms with Crippen molar-refractivity contribution in [3.8, 4) is 5.75 Å². The van der Waals surface area contributed by atoms with Gasteiger partial charge in [0.05, 0.1) is 12.5 Å². The van der Waals surface area contributed by atoms with E-state index in [2.05, 4.69) is 6.92 Å². The third-order valence-electron chi connectivity index (χ3n) is 6.70. The lowest BCUT2D eigenvalue weighted by atomic mass is 9.80. The lowest BCUT2D eigenvalue weighted by molar-refractivity contribution is -0.140. The Kier molecular flexibility index (Phi) is 9.76. The van der Waals surface area contributed by atoms with E-state index in [9.17, 15) is 9.59 Å². The summed E-state index contributed by atoms with van der Waals surface area (Å²) in [6, 6.07) is 12.5. The zero-order valence-electron chi connectivity index (χ0n) is 20.9. The average molecular weight is 479 g/mol. The molecule has 0 aliphatic heterocycles. The van der Waals surface area contributed by atoms with Crippen molar-refractivity contribution in [1.29, 1.82) is 0 Å². The first-order valence-corrected chi connectivity index (χ1v) is 12.7. The topological polar surface area (TPSA) is 105 Å². The van der Waals surface area contributed by atoms with Crippen LogP contribution in [0.1, 0.15) is 75.8 Å². The molecule has 0 spiro atoms. The van der Waals surface area contributed by atoms with E-state index in [1.807, 2.05) is 31.2 Å². The van der Waals surface area contributed by atoms with Gasteiger partial charge in [0, 0.05) is 23.4 Å². The van der Waals surface area contributed by atoms with E-state index in [-0.39, 0.29) is 24.4 Å². The Bertz CT molecular complexity index is 988. The first-order valence-electron chi connectivity index (χ1n) is 12.7. The maximum Gasteiger partial charge on any atom is 0.330 e. The molecular weight excluding hydrogens is 440 g/mol. The molecule has 188 valence electrons. The molecule has 35 heavy (non-hydrogen) atoms. The third-order valence-corrected chi connectivity index (χ3v) is 6.70. The summed E-state index contributed by atoms with van der Waals surface area (Å²) in [4.78, 5) is 24.7. The molecule has 1 atom stereocenters. The average Bonchev–Trinajstić information content (AvgIpc) is 2.85. The lowest BCUT2D eigenvalue weighted by Gasteiger charge is -2.27. The highest BCUT2D eigenvalue weighted by atomic mass is 16.5. The number of carbonyl (C=O) groups is 2. The van der Waals surface area contributed by atoms with E-state index in [1.165, 1.54) is 25.3 Å². The van der Waals surface area contributed by atoms with Gasteiger partial charge in [0.15, 0.2) is 0 Å². The zero-order valence-corrected chi connectivity index (χ0v) is 20.9. The van der Waals surface area contributed by atoms with Crippen LogP contribution in [-0.4, -0.2) is 18.5 Å². The van der Waals surface area contributed by atoms with Gasteiger partial charge in [-0.05, 0) is 79.1 Å². The van der Waals surface area contributed by atoms with Crippen LogP contribution in [0.3, 0.4) is 0 Å². The highest BCUT2D eigenvalue weighted by Gasteiger charge is 2.27. The molecule has 0 saturated heterocycles. The molecule has 0 aromatic heterocycles. The van der Waals surface area contributed by atoms with Crippen molar-refractivity contribution in [2.75, 3.05) is 18.1 Å². The van der Waals surface area contributed by atoms with Gasteiger partial charge < -0.3 is 20.9 Å². The highest BCUT2D eigenvalue weighted by molar-refractivity contribution is 5.87. The highest BCUT2D eigenvalue weighted by Crippen LogP contribution is 2.33. The molecule has 0 heterocycles. The van der Waals surface area contributed by atoms with Gasteiger partial charge in [-0.2, -0.15) is 0 Å². The number of nitrogen functional groups attached to an aromatic ring is 2. The minimum absolute atomic E-state index is 0.00613. The normalized spacial score (nSPS) is 18.8. The molecule has 6 nitrogen and oxygen atoms in total. The molecule has 6 heteroatoms. The third kappa shape index (κ3) is 8.46. The first-order chi connectivity index (χ1) is 16.8. The Balaban J connectivity index is 1.42. The standard InChI is InChI=1S/C29H38N2O4/c1-3-4-5-21-6-11-23(12-7-21)29(33)35-27-13-8-22(9-14-27)10-15-28(32)34-19-20(2)24-16-25(30)18-26(31)17-24/h8-10,13-18,20-21,23H,3-7,11-12,19,30-31H2,1-2H3/b15-10+. The number of benzene rings is 2. The second-order valence-electron chi connectivity index (χ2n) is 9.65. The van der Waals surface area contributed by atoms with Gasteiger partial charge in [0.2, 0.25) is 0 Å².